The maximum absolute atomic E-state index is 6.23. The highest BCUT2D eigenvalue weighted by Gasteiger charge is 2.21. The summed E-state index contributed by atoms with van der Waals surface area (Å²) >= 11 is 6.23. The van der Waals surface area contributed by atoms with Gasteiger partial charge < -0.3 is 10.2 Å². The number of halogens is 1. The van der Waals surface area contributed by atoms with Crippen molar-refractivity contribution in [3.05, 3.63) is 22.8 Å². The summed E-state index contributed by atoms with van der Waals surface area (Å²) in [6.45, 7) is 9.41. The van der Waals surface area contributed by atoms with Crippen molar-refractivity contribution in [1.29, 1.82) is 0 Å². The smallest absolute Gasteiger partial charge is 0.128 e. The lowest BCUT2D eigenvalue weighted by Crippen LogP contribution is -2.28. The molecule has 19 heavy (non-hydrogen) atoms. The molecule has 1 aliphatic carbocycles. The van der Waals surface area contributed by atoms with Crippen molar-refractivity contribution < 1.29 is 0 Å². The molecule has 1 saturated carbocycles. The van der Waals surface area contributed by atoms with E-state index in [2.05, 4.69) is 31.0 Å². The third-order valence-electron chi connectivity index (χ3n) is 3.33. The summed E-state index contributed by atoms with van der Waals surface area (Å²) in [7, 11) is 0. The number of pyridine rings is 1. The molecule has 2 rings (SSSR count). The zero-order valence-electron chi connectivity index (χ0n) is 12.1. The lowest BCUT2D eigenvalue weighted by Gasteiger charge is -2.24. The van der Waals surface area contributed by atoms with Crippen molar-refractivity contribution in [2.24, 2.45) is 5.92 Å². The summed E-state index contributed by atoms with van der Waals surface area (Å²) in [6, 6.07) is 4.67. The Morgan fingerprint density at radius 3 is 2.74 bits per heavy atom. The summed E-state index contributed by atoms with van der Waals surface area (Å²) < 4.78 is 0. The van der Waals surface area contributed by atoms with Gasteiger partial charge in [-0.05, 0) is 37.8 Å². The number of anilines is 1. The average molecular weight is 282 g/mol. The van der Waals surface area contributed by atoms with Gasteiger partial charge in [0.2, 0.25) is 0 Å². The zero-order chi connectivity index (χ0) is 13.8. The predicted molar refractivity (Wildman–Crippen MR) is 81.8 cm³/mol. The fourth-order valence-electron chi connectivity index (χ4n) is 2.13. The van der Waals surface area contributed by atoms with E-state index >= 15 is 0 Å². The third kappa shape index (κ3) is 4.36. The molecule has 0 aliphatic heterocycles. The molecule has 0 spiro atoms. The maximum atomic E-state index is 6.23. The van der Waals surface area contributed by atoms with Crippen LogP contribution in [0.4, 0.5) is 5.82 Å². The van der Waals surface area contributed by atoms with Crippen LogP contribution in [-0.4, -0.2) is 24.1 Å². The molecule has 1 N–H and O–H groups in total. The summed E-state index contributed by atoms with van der Waals surface area (Å²) in [5.41, 5.74) is 0.966. The van der Waals surface area contributed by atoms with Gasteiger partial charge in [-0.25, -0.2) is 4.98 Å². The molecule has 1 fully saturated rings. The monoisotopic (exact) mass is 281 g/mol. The molecule has 3 nitrogen and oxygen atoms in total. The molecule has 0 unspecified atom stereocenters. The minimum Gasteiger partial charge on any atom is -0.357 e. The lowest BCUT2D eigenvalue weighted by molar-refractivity contribution is 0.611. The molecule has 0 bridgehead atoms. The quantitative estimate of drug-likeness (QED) is 0.829. The van der Waals surface area contributed by atoms with E-state index < -0.39 is 0 Å². The normalized spacial score (nSPS) is 15.0. The van der Waals surface area contributed by atoms with Crippen molar-refractivity contribution in [3.63, 3.8) is 0 Å². The molecular formula is C15H24ClN3. The van der Waals surface area contributed by atoms with Crippen LogP contribution in [0.25, 0.3) is 0 Å². The Morgan fingerprint density at radius 1 is 1.42 bits per heavy atom. The highest BCUT2D eigenvalue weighted by Crippen LogP contribution is 2.23. The molecule has 0 atom stereocenters. The third-order valence-corrected chi connectivity index (χ3v) is 3.67. The van der Waals surface area contributed by atoms with Gasteiger partial charge in [-0.15, -0.1) is 0 Å². The second-order valence-corrected chi connectivity index (χ2v) is 6.09. The first kappa shape index (κ1) is 14.6. The first-order chi connectivity index (χ1) is 9.10. The fourth-order valence-corrected chi connectivity index (χ4v) is 2.30. The van der Waals surface area contributed by atoms with Crippen LogP contribution in [0.15, 0.2) is 12.1 Å². The van der Waals surface area contributed by atoms with E-state index in [-0.39, 0.29) is 0 Å². The van der Waals surface area contributed by atoms with Crippen LogP contribution >= 0.6 is 11.6 Å². The van der Waals surface area contributed by atoms with E-state index in [9.17, 15) is 0 Å². The van der Waals surface area contributed by atoms with Gasteiger partial charge in [0.05, 0.1) is 10.7 Å². The molecule has 1 heterocycles. The second-order valence-electron chi connectivity index (χ2n) is 5.69. The van der Waals surface area contributed by atoms with Crippen molar-refractivity contribution in [1.82, 2.24) is 10.3 Å². The van der Waals surface area contributed by atoms with E-state index in [1.54, 1.807) is 0 Å². The topological polar surface area (TPSA) is 28.2 Å². The van der Waals surface area contributed by atoms with Crippen LogP contribution in [-0.2, 0) is 6.54 Å². The molecule has 0 amide bonds. The predicted octanol–water partition coefficient (Wildman–Crippen LogP) is 3.47. The van der Waals surface area contributed by atoms with E-state index in [4.69, 9.17) is 16.6 Å². The lowest BCUT2D eigenvalue weighted by atomic mass is 10.2. The van der Waals surface area contributed by atoms with Crippen LogP contribution in [0.2, 0.25) is 5.02 Å². The summed E-state index contributed by atoms with van der Waals surface area (Å²) in [5, 5.41) is 4.23. The number of nitrogens with zero attached hydrogens (tertiary/aromatic N) is 2. The second kappa shape index (κ2) is 6.58. The van der Waals surface area contributed by atoms with Gasteiger partial charge >= 0.3 is 0 Å². The van der Waals surface area contributed by atoms with Crippen LogP contribution in [0, 0.1) is 5.92 Å². The van der Waals surface area contributed by atoms with E-state index in [0.29, 0.717) is 12.0 Å². The van der Waals surface area contributed by atoms with Gasteiger partial charge in [-0.3, -0.25) is 0 Å². The Labute approximate surface area is 121 Å². The number of hydrogen-bond acceptors (Lipinski definition) is 3. The van der Waals surface area contributed by atoms with Crippen molar-refractivity contribution >= 4 is 17.4 Å². The average Bonchev–Trinajstić information content (AvgIpc) is 3.19. The molecular weight excluding hydrogens is 258 g/mol. The number of hydrogen-bond donors (Lipinski definition) is 1. The molecule has 1 aromatic rings. The number of aromatic nitrogens is 1. The van der Waals surface area contributed by atoms with E-state index in [1.807, 2.05) is 12.1 Å². The van der Waals surface area contributed by atoms with Crippen LogP contribution in [0.1, 0.15) is 39.3 Å². The fraction of sp³-hybridized carbons (Fsp3) is 0.667. The maximum Gasteiger partial charge on any atom is 0.128 e. The van der Waals surface area contributed by atoms with Gasteiger partial charge in [0.15, 0.2) is 0 Å². The van der Waals surface area contributed by atoms with Gasteiger partial charge in [-0.2, -0.15) is 0 Å². The summed E-state index contributed by atoms with van der Waals surface area (Å²) in [4.78, 5) is 7.03. The molecule has 0 saturated heterocycles. The highest BCUT2D eigenvalue weighted by atomic mass is 35.5. The van der Waals surface area contributed by atoms with E-state index in [1.165, 1.54) is 12.8 Å². The molecule has 4 heteroatoms. The molecule has 106 valence electrons. The largest absolute Gasteiger partial charge is 0.357 e. The molecule has 1 aromatic heterocycles. The van der Waals surface area contributed by atoms with Gasteiger partial charge in [0.25, 0.3) is 0 Å². The standard InChI is InChI=1S/C15H24ClN3/c1-4-19(10-11(2)3)15-8-7-13(16)14(18-15)9-17-12-5-6-12/h7-8,11-12,17H,4-6,9-10H2,1-3H3. The van der Waals surface area contributed by atoms with E-state index in [0.717, 1.165) is 36.2 Å². The Morgan fingerprint density at radius 2 is 2.16 bits per heavy atom. The Bertz CT molecular complexity index is 416. The number of rotatable bonds is 7. The zero-order valence-corrected chi connectivity index (χ0v) is 12.9. The van der Waals surface area contributed by atoms with Crippen LogP contribution in [0.5, 0.6) is 0 Å². The Kier molecular flexibility index (Phi) is 5.06. The summed E-state index contributed by atoms with van der Waals surface area (Å²) in [6.07, 6.45) is 2.57. The first-order valence-corrected chi connectivity index (χ1v) is 7.61. The first-order valence-electron chi connectivity index (χ1n) is 7.24. The van der Waals surface area contributed by atoms with Gasteiger partial charge in [0, 0.05) is 25.7 Å². The number of nitrogens with one attached hydrogen (secondary N) is 1. The SMILES string of the molecule is CCN(CC(C)C)c1ccc(Cl)c(CNC2CC2)n1. The Hall–Kier alpha value is -0.800. The van der Waals surface area contributed by atoms with Crippen molar-refractivity contribution in [2.75, 3.05) is 18.0 Å². The molecule has 0 radical (unpaired) electrons. The Balaban J connectivity index is 2.08. The van der Waals surface area contributed by atoms with Crippen LogP contribution in [0.3, 0.4) is 0 Å². The minimum absolute atomic E-state index is 0.630. The van der Waals surface area contributed by atoms with Gasteiger partial charge in [0.1, 0.15) is 5.82 Å². The minimum atomic E-state index is 0.630. The van der Waals surface area contributed by atoms with Gasteiger partial charge in [-0.1, -0.05) is 25.4 Å². The molecule has 1 aliphatic rings. The summed E-state index contributed by atoms with van der Waals surface area (Å²) in [5.74, 6) is 1.67. The highest BCUT2D eigenvalue weighted by molar-refractivity contribution is 6.31. The van der Waals surface area contributed by atoms with Crippen molar-refractivity contribution in [2.45, 2.75) is 46.2 Å². The van der Waals surface area contributed by atoms with Crippen LogP contribution < -0.4 is 10.2 Å². The molecule has 0 aromatic carbocycles. The van der Waals surface area contributed by atoms with Crippen molar-refractivity contribution in [3.8, 4) is 0 Å².